The number of imidazole rings is 1. The molecule has 0 saturated carbocycles. The van der Waals surface area contributed by atoms with Gasteiger partial charge in [-0.05, 0) is 35.8 Å². The highest BCUT2D eigenvalue weighted by molar-refractivity contribution is 9.10. The zero-order chi connectivity index (χ0) is 11.4. The SMILES string of the molecule is CNCCc1nc(Br)c(C2CCOCC2)[nH]1. The Morgan fingerprint density at radius 1 is 1.50 bits per heavy atom. The molecule has 90 valence electrons. The first-order valence-corrected chi connectivity index (χ1v) is 6.57. The summed E-state index contributed by atoms with van der Waals surface area (Å²) < 4.78 is 6.35. The van der Waals surface area contributed by atoms with Crippen molar-refractivity contribution in [1.82, 2.24) is 15.3 Å². The number of nitrogens with zero attached hydrogens (tertiary/aromatic N) is 1. The van der Waals surface area contributed by atoms with E-state index in [9.17, 15) is 0 Å². The largest absolute Gasteiger partial charge is 0.381 e. The maximum atomic E-state index is 5.37. The van der Waals surface area contributed by atoms with E-state index in [1.54, 1.807) is 0 Å². The number of ether oxygens (including phenoxy) is 1. The lowest BCUT2D eigenvalue weighted by Crippen LogP contribution is -2.15. The number of hydrogen-bond acceptors (Lipinski definition) is 3. The highest BCUT2D eigenvalue weighted by Crippen LogP contribution is 2.30. The van der Waals surface area contributed by atoms with Crippen molar-refractivity contribution in [2.45, 2.75) is 25.2 Å². The van der Waals surface area contributed by atoms with Crippen LogP contribution in [0.25, 0.3) is 0 Å². The molecule has 4 nitrogen and oxygen atoms in total. The van der Waals surface area contributed by atoms with E-state index in [0.717, 1.165) is 49.4 Å². The molecule has 2 heterocycles. The Kier molecular flexibility index (Phi) is 4.37. The molecule has 1 aromatic heterocycles. The van der Waals surface area contributed by atoms with Crippen molar-refractivity contribution in [3.8, 4) is 0 Å². The summed E-state index contributed by atoms with van der Waals surface area (Å²) >= 11 is 3.54. The van der Waals surface area contributed by atoms with Gasteiger partial charge in [-0.1, -0.05) is 0 Å². The van der Waals surface area contributed by atoms with E-state index in [-0.39, 0.29) is 0 Å². The Hall–Kier alpha value is -0.390. The van der Waals surface area contributed by atoms with E-state index in [1.165, 1.54) is 5.69 Å². The van der Waals surface area contributed by atoms with Gasteiger partial charge in [0.1, 0.15) is 10.4 Å². The molecule has 1 fully saturated rings. The first-order valence-electron chi connectivity index (χ1n) is 5.78. The molecule has 16 heavy (non-hydrogen) atoms. The standard InChI is InChI=1S/C11H18BrN3O/c1-13-5-2-9-14-10(11(12)15-9)8-3-6-16-7-4-8/h8,13H,2-7H2,1H3,(H,14,15). The smallest absolute Gasteiger partial charge is 0.127 e. The maximum Gasteiger partial charge on any atom is 0.127 e. The normalized spacial score (nSPS) is 17.9. The van der Waals surface area contributed by atoms with E-state index in [4.69, 9.17) is 4.74 Å². The average molecular weight is 288 g/mol. The van der Waals surface area contributed by atoms with Crippen LogP contribution in [-0.4, -0.2) is 36.8 Å². The summed E-state index contributed by atoms with van der Waals surface area (Å²) in [6.45, 7) is 2.68. The zero-order valence-corrected chi connectivity index (χ0v) is 11.1. The van der Waals surface area contributed by atoms with Crippen LogP contribution in [0.2, 0.25) is 0 Å². The molecule has 1 aliphatic rings. The first kappa shape index (κ1) is 12.1. The third kappa shape index (κ3) is 2.84. The maximum absolute atomic E-state index is 5.37. The number of aromatic nitrogens is 2. The van der Waals surface area contributed by atoms with Gasteiger partial charge in [0, 0.05) is 32.1 Å². The third-order valence-corrected chi connectivity index (χ3v) is 3.58. The molecule has 0 aliphatic carbocycles. The zero-order valence-electron chi connectivity index (χ0n) is 9.55. The molecule has 0 radical (unpaired) electrons. The van der Waals surface area contributed by atoms with E-state index in [0.29, 0.717) is 5.92 Å². The van der Waals surface area contributed by atoms with Gasteiger partial charge in [-0.25, -0.2) is 4.98 Å². The van der Waals surface area contributed by atoms with Crippen molar-refractivity contribution in [3.63, 3.8) is 0 Å². The summed E-state index contributed by atoms with van der Waals surface area (Å²) in [6.07, 6.45) is 3.12. The Labute approximate surface area is 104 Å². The summed E-state index contributed by atoms with van der Waals surface area (Å²) in [7, 11) is 1.96. The second kappa shape index (κ2) is 5.80. The Bertz CT molecular complexity index is 334. The van der Waals surface area contributed by atoms with E-state index < -0.39 is 0 Å². The summed E-state index contributed by atoms with van der Waals surface area (Å²) in [4.78, 5) is 7.94. The van der Waals surface area contributed by atoms with Gasteiger partial charge in [0.25, 0.3) is 0 Å². The van der Waals surface area contributed by atoms with Crippen LogP contribution in [-0.2, 0) is 11.2 Å². The number of hydrogen-bond donors (Lipinski definition) is 2. The quantitative estimate of drug-likeness (QED) is 0.888. The van der Waals surface area contributed by atoms with Gasteiger partial charge in [0.2, 0.25) is 0 Å². The molecule has 1 aliphatic heterocycles. The molecule has 0 unspecified atom stereocenters. The fraction of sp³-hybridized carbons (Fsp3) is 0.727. The van der Waals surface area contributed by atoms with Crippen LogP contribution in [0.1, 0.15) is 30.3 Å². The minimum atomic E-state index is 0.568. The van der Waals surface area contributed by atoms with E-state index in [2.05, 4.69) is 31.2 Å². The van der Waals surface area contributed by atoms with E-state index >= 15 is 0 Å². The molecular weight excluding hydrogens is 270 g/mol. The number of H-pyrrole nitrogens is 1. The number of aromatic amines is 1. The third-order valence-electron chi connectivity index (χ3n) is 2.98. The number of halogens is 1. The molecule has 0 aromatic carbocycles. The second-order valence-corrected chi connectivity index (χ2v) is 4.88. The molecule has 0 spiro atoms. The van der Waals surface area contributed by atoms with Crippen LogP contribution in [0.15, 0.2) is 4.60 Å². The predicted molar refractivity (Wildman–Crippen MR) is 66.7 cm³/mol. The molecule has 2 rings (SSSR count). The van der Waals surface area contributed by atoms with Crippen LogP contribution < -0.4 is 5.32 Å². The lowest BCUT2D eigenvalue weighted by molar-refractivity contribution is 0.0844. The fourth-order valence-electron chi connectivity index (χ4n) is 2.03. The highest BCUT2D eigenvalue weighted by atomic mass is 79.9. The number of rotatable bonds is 4. The molecule has 0 amide bonds. The Balaban J connectivity index is 2.04. The van der Waals surface area contributed by atoms with Gasteiger partial charge in [0.05, 0.1) is 5.69 Å². The first-order chi connectivity index (χ1) is 7.81. The minimum Gasteiger partial charge on any atom is -0.381 e. The number of likely N-dealkylation sites (N-methyl/N-ethyl adjacent to an activating group) is 1. The molecular formula is C11H18BrN3O. The average Bonchev–Trinajstić information content (AvgIpc) is 2.69. The van der Waals surface area contributed by atoms with E-state index in [1.807, 2.05) is 7.05 Å². The molecule has 0 atom stereocenters. The topological polar surface area (TPSA) is 49.9 Å². The van der Waals surface area contributed by atoms with Gasteiger partial charge in [-0.3, -0.25) is 0 Å². The lowest BCUT2D eigenvalue weighted by Gasteiger charge is -2.20. The molecule has 1 aromatic rings. The van der Waals surface area contributed by atoms with Crippen molar-refractivity contribution in [2.24, 2.45) is 0 Å². The Morgan fingerprint density at radius 3 is 2.94 bits per heavy atom. The van der Waals surface area contributed by atoms with Crippen molar-refractivity contribution < 1.29 is 4.74 Å². The van der Waals surface area contributed by atoms with Crippen LogP contribution >= 0.6 is 15.9 Å². The van der Waals surface area contributed by atoms with Crippen molar-refractivity contribution >= 4 is 15.9 Å². The van der Waals surface area contributed by atoms with Crippen LogP contribution in [0.5, 0.6) is 0 Å². The Morgan fingerprint density at radius 2 is 2.25 bits per heavy atom. The minimum absolute atomic E-state index is 0.568. The monoisotopic (exact) mass is 287 g/mol. The van der Waals surface area contributed by atoms with Gasteiger partial charge in [-0.15, -0.1) is 0 Å². The summed E-state index contributed by atoms with van der Waals surface area (Å²) in [5.74, 6) is 1.63. The van der Waals surface area contributed by atoms with Crippen LogP contribution in [0, 0.1) is 0 Å². The van der Waals surface area contributed by atoms with Gasteiger partial charge >= 0.3 is 0 Å². The van der Waals surface area contributed by atoms with Gasteiger partial charge in [-0.2, -0.15) is 0 Å². The van der Waals surface area contributed by atoms with Gasteiger partial charge in [0.15, 0.2) is 0 Å². The highest BCUT2D eigenvalue weighted by Gasteiger charge is 2.21. The molecule has 5 heteroatoms. The van der Waals surface area contributed by atoms with Crippen LogP contribution in [0.4, 0.5) is 0 Å². The fourth-order valence-corrected chi connectivity index (χ4v) is 2.67. The predicted octanol–water partition coefficient (Wildman–Crippen LogP) is 1.83. The van der Waals surface area contributed by atoms with Crippen molar-refractivity contribution in [3.05, 3.63) is 16.1 Å². The van der Waals surface area contributed by atoms with Crippen molar-refractivity contribution in [1.29, 1.82) is 0 Å². The second-order valence-electron chi connectivity index (χ2n) is 4.13. The summed E-state index contributed by atoms with van der Waals surface area (Å²) in [5.41, 5.74) is 1.24. The van der Waals surface area contributed by atoms with Gasteiger partial charge < -0.3 is 15.0 Å². The van der Waals surface area contributed by atoms with Crippen molar-refractivity contribution in [2.75, 3.05) is 26.8 Å². The summed E-state index contributed by atoms with van der Waals surface area (Å²) in [6, 6.07) is 0. The number of nitrogens with one attached hydrogen (secondary N) is 2. The molecule has 0 bridgehead atoms. The summed E-state index contributed by atoms with van der Waals surface area (Å²) in [5, 5.41) is 3.13. The van der Waals surface area contributed by atoms with Crippen LogP contribution in [0.3, 0.4) is 0 Å². The lowest BCUT2D eigenvalue weighted by atomic mass is 9.97. The molecule has 2 N–H and O–H groups in total. The molecule has 1 saturated heterocycles.